The van der Waals surface area contributed by atoms with Crippen LogP contribution in [0.15, 0.2) is 60.7 Å². The Morgan fingerprint density at radius 2 is 1.38 bits per heavy atom. The van der Waals surface area contributed by atoms with E-state index in [1.54, 1.807) is 0 Å². The van der Waals surface area contributed by atoms with Crippen molar-refractivity contribution in [2.24, 2.45) is 5.92 Å². The molecule has 1 aliphatic rings. The van der Waals surface area contributed by atoms with Gasteiger partial charge in [0.15, 0.2) is 5.78 Å². The molecule has 0 N–H and O–H groups in total. The van der Waals surface area contributed by atoms with Gasteiger partial charge in [0.2, 0.25) is 0 Å². The zero-order valence-corrected chi connectivity index (χ0v) is 12.4. The maximum Gasteiger partial charge on any atom is 0.152 e. The predicted molar refractivity (Wildman–Crippen MR) is 84.7 cm³/mol. The smallest absolute Gasteiger partial charge is 0.152 e. The van der Waals surface area contributed by atoms with Gasteiger partial charge in [-0.25, -0.2) is 0 Å². The molecule has 0 spiro atoms. The molecule has 2 aromatic carbocycles. The minimum atomic E-state index is 0.0837. The van der Waals surface area contributed by atoms with Gasteiger partial charge in [-0.3, -0.25) is 9.69 Å². The van der Waals surface area contributed by atoms with Gasteiger partial charge in [0.1, 0.15) is 0 Å². The van der Waals surface area contributed by atoms with Crippen molar-refractivity contribution in [3.05, 3.63) is 71.8 Å². The molecule has 21 heavy (non-hydrogen) atoms. The van der Waals surface area contributed by atoms with Crippen molar-refractivity contribution in [1.29, 1.82) is 0 Å². The third-order valence-corrected chi connectivity index (χ3v) is 4.29. The van der Waals surface area contributed by atoms with E-state index in [1.165, 1.54) is 11.1 Å². The van der Waals surface area contributed by atoms with Crippen molar-refractivity contribution in [2.45, 2.75) is 32.5 Å². The molecule has 0 radical (unpaired) electrons. The van der Waals surface area contributed by atoms with E-state index < -0.39 is 0 Å². The first-order valence-corrected chi connectivity index (χ1v) is 7.59. The number of ketones is 1. The van der Waals surface area contributed by atoms with Gasteiger partial charge in [-0.05, 0) is 17.5 Å². The van der Waals surface area contributed by atoms with E-state index in [9.17, 15) is 4.79 Å². The van der Waals surface area contributed by atoms with Gasteiger partial charge in [0, 0.05) is 19.0 Å². The Morgan fingerprint density at radius 3 is 1.76 bits per heavy atom. The maximum absolute atomic E-state index is 12.1. The molecule has 0 heterocycles. The largest absolute Gasteiger partial charge is 0.298 e. The molecule has 2 atom stereocenters. The van der Waals surface area contributed by atoms with Crippen LogP contribution in [0.1, 0.15) is 24.5 Å². The fraction of sp³-hybridized carbons (Fsp3) is 0.316. The van der Waals surface area contributed by atoms with Crippen molar-refractivity contribution in [3.8, 4) is 0 Å². The van der Waals surface area contributed by atoms with Gasteiger partial charge in [-0.15, -0.1) is 0 Å². The maximum atomic E-state index is 12.1. The highest BCUT2D eigenvalue weighted by molar-refractivity contribution is 5.91. The lowest BCUT2D eigenvalue weighted by atomic mass is 9.79. The van der Waals surface area contributed by atoms with Crippen LogP contribution in [0, 0.1) is 5.92 Å². The molecule has 1 fully saturated rings. The Kier molecular flexibility index (Phi) is 4.16. The molecule has 0 amide bonds. The van der Waals surface area contributed by atoms with Crippen molar-refractivity contribution in [3.63, 3.8) is 0 Å². The summed E-state index contributed by atoms with van der Waals surface area (Å²) in [4.78, 5) is 14.5. The first-order valence-electron chi connectivity index (χ1n) is 7.59. The average Bonchev–Trinajstić information content (AvgIpc) is 2.53. The highest BCUT2D eigenvalue weighted by Gasteiger charge is 2.39. The molecule has 1 aliphatic carbocycles. The van der Waals surface area contributed by atoms with Gasteiger partial charge < -0.3 is 0 Å². The number of hydrogen-bond acceptors (Lipinski definition) is 2. The van der Waals surface area contributed by atoms with Gasteiger partial charge in [0.05, 0.1) is 6.04 Å². The second-order valence-electron chi connectivity index (χ2n) is 5.93. The minimum Gasteiger partial charge on any atom is -0.298 e. The molecular formula is C19H21NO. The van der Waals surface area contributed by atoms with Gasteiger partial charge in [-0.1, -0.05) is 67.6 Å². The van der Waals surface area contributed by atoms with E-state index in [0.29, 0.717) is 5.78 Å². The van der Waals surface area contributed by atoms with Crippen molar-refractivity contribution >= 4 is 5.78 Å². The van der Waals surface area contributed by atoms with E-state index in [2.05, 4.69) is 53.4 Å². The SMILES string of the molecule is C[C@H]1C[C@@H](N(Cc2ccccc2)Cc2ccccc2)C1=O. The Bertz CT molecular complexity index is 552. The number of hydrogen-bond donors (Lipinski definition) is 0. The highest BCUT2D eigenvalue weighted by Crippen LogP contribution is 2.29. The van der Waals surface area contributed by atoms with E-state index in [-0.39, 0.29) is 12.0 Å². The summed E-state index contributed by atoms with van der Waals surface area (Å²) in [5.74, 6) is 0.617. The normalized spacial score (nSPS) is 21.3. The molecule has 0 unspecified atom stereocenters. The fourth-order valence-corrected chi connectivity index (χ4v) is 2.98. The lowest BCUT2D eigenvalue weighted by Gasteiger charge is -2.40. The van der Waals surface area contributed by atoms with E-state index in [4.69, 9.17) is 0 Å². The standard InChI is InChI=1S/C19H21NO/c1-15-12-18(19(15)21)20(13-16-8-4-2-5-9-16)14-17-10-6-3-7-11-17/h2-11,15,18H,12-14H2,1H3/t15-,18+/m0/s1. The lowest BCUT2D eigenvalue weighted by molar-refractivity contribution is -0.138. The quantitative estimate of drug-likeness (QED) is 0.832. The van der Waals surface area contributed by atoms with Crippen LogP contribution in [0.4, 0.5) is 0 Å². The summed E-state index contributed by atoms with van der Waals surface area (Å²) in [6.07, 6.45) is 0.985. The monoisotopic (exact) mass is 279 g/mol. The summed E-state index contributed by atoms with van der Waals surface area (Å²) in [5, 5.41) is 0. The Hall–Kier alpha value is -1.93. The number of carbonyl (C=O) groups is 1. The lowest BCUT2D eigenvalue weighted by Crippen LogP contribution is -2.51. The molecular weight excluding hydrogens is 258 g/mol. The summed E-state index contributed by atoms with van der Waals surface area (Å²) < 4.78 is 0. The van der Waals surface area contributed by atoms with Crippen LogP contribution in [0.5, 0.6) is 0 Å². The van der Waals surface area contributed by atoms with Crippen LogP contribution < -0.4 is 0 Å². The second-order valence-corrected chi connectivity index (χ2v) is 5.93. The predicted octanol–water partition coefficient (Wildman–Crippen LogP) is 3.67. The molecule has 2 heteroatoms. The van der Waals surface area contributed by atoms with Crippen LogP contribution >= 0.6 is 0 Å². The zero-order chi connectivity index (χ0) is 14.7. The number of Topliss-reactive ketones (excluding diaryl/α,β-unsaturated/α-hetero) is 1. The Labute approximate surface area is 126 Å². The fourth-order valence-electron chi connectivity index (χ4n) is 2.98. The van der Waals surface area contributed by atoms with E-state index >= 15 is 0 Å². The number of nitrogens with zero attached hydrogens (tertiary/aromatic N) is 1. The van der Waals surface area contributed by atoms with Crippen LogP contribution in [0.2, 0.25) is 0 Å². The third kappa shape index (κ3) is 3.22. The topological polar surface area (TPSA) is 20.3 Å². The summed E-state index contributed by atoms with van der Waals surface area (Å²) in [5.41, 5.74) is 2.53. The Morgan fingerprint density at radius 1 is 0.905 bits per heavy atom. The summed E-state index contributed by atoms with van der Waals surface area (Å²) >= 11 is 0. The van der Waals surface area contributed by atoms with Gasteiger partial charge in [-0.2, -0.15) is 0 Å². The number of benzene rings is 2. The summed E-state index contributed by atoms with van der Waals surface area (Å²) in [6, 6.07) is 20.9. The van der Waals surface area contributed by atoms with Crippen molar-refractivity contribution < 1.29 is 4.79 Å². The number of carbonyl (C=O) groups excluding carboxylic acids is 1. The number of rotatable bonds is 5. The molecule has 2 aromatic rings. The molecule has 0 bridgehead atoms. The average molecular weight is 279 g/mol. The van der Waals surface area contributed by atoms with E-state index in [0.717, 1.165) is 19.5 Å². The molecule has 0 aromatic heterocycles. The highest BCUT2D eigenvalue weighted by atomic mass is 16.1. The third-order valence-electron chi connectivity index (χ3n) is 4.29. The first-order chi connectivity index (χ1) is 10.2. The molecule has 2 nitrogen and oxygen atoms in total. The minimum absolute atomic E-state index is 0.0837. The van der Waals surface area contributed by atoms with Crippen LogP contribution in [0.25, 0.3) is 0 Å². The summed E-state index contributed by atoms with van der Waals surface area (Å²) in [7, 11) is 0. The van der Waals surface area contributed by atoms with Crippen LogP contribution in [0.3, 0.4) is 0 Å². The molecule has 1 saturated carbocycles. The van der Waals surface area contributed by atoms with Crippen LogP contribution in [-0.2, 0) is 17.9 Å². The van der Waals surface area contributed by atoms with E-state index in [1.807, 2.05) is 19.1 Å². The van der Waals surface area contributed by atoms with Gasteiger partial charge in [0.25, 0.3) is 0 Å². The summed E-state index contributed by atoms with van der Waals surface area (Å²) in [6.45, 7) is 3.69. The first kappa shape index (κ1) is 14.0. The molecule has 3 rings (SSSR count). The van der Waals surface area contributed by atoms with Crippen LogP contribution in [-0.4, -0.2) is 16.7 Å². The van der Waals surface area contributed by atoms with Gasteiger partial charge >= 0.3 is 0 Å². The van der Waals surface area contributed by atoms with Crippen molar-refractivity contribution in [1.82, 2.24) is 4.90 Å². The zero-order valence-electron chi connectivity index (χ0n) is 12.4. The Balaban J connectivity index is 1.76. The molecule has 0 saturated heterocycles. The molecule has 108 valence electrons. The second kappa shape index (κ2) is 6.23. The molecule has 0 aliphatic heterocycles. The van der Waals surface area contributed by atoms with Crippen molar-refractivity contribution in [2.75, 3.05) is 0 Å².